The second kappa shape index (κ2) is 7.53. The van der Waals surface area contributed by atoms with Gasteiger partial charge in [0.25, 0.3) is 0 Å². The third kappa shape index (κ3) is 4.08. The zero-order chi connectivity index (χ0) is 17.0. The number of aliphatic hydroxyl groups is 2. The predicted octanol–water partition coefficient (Wildman–Crippen LogP) is 3.32. The summed E-state index contributed by atoms with van der Waals surface area (Å²) < 4.78 is 5.25. The highest BCUT2D eigenvalue weighted by Gasteiger charge is 2.37. The van der Waals surface area contributed by atoms with Crippen LogP contribution >= 0.6 is 11.6 Å². The van der Waals surface area contributed by atoms with Gasteiger partial charge in [0.15, 0.2) is 0 Å². The van der Waals surface area contributed by atoms with Crippen molar-refractivity contribution in [1.82, 2.24) is 0 Å². The highest BCUT2D eigenvalue weighted by atomic mass is 35.5. The molecule has 2 aromatic carbocycles. The van der Waals surface area contributed by atoms with Gasteiger partial charge in [-0.15, -0.1) is 0 Å². The average molecular weight is 348 g/mol. The van der Waals surface area contributed by atoms with E-state index in [1.807, 2.05) is 48.5 Å². The van der Waals surface area contributed by atoms with Crippen LogP contribution in [0.3, 0.4) is 0 Å². The second-order valence-corrected chi connectivity index (χ2v) is 6.64. The molecule has 0 aliphatic carbocycles. The molecule has 3 N–H and O–H groups in total. The van der Waals surface area contributed by atoms with Crippen LogP contribution in [0.1, 0.15) is 12.8 Å². The summed E-state index contributed by atoms with van der Waals surface area (Å²) in [7, 11) is 0. The molecule has 1 saturated heterocycles. The lowest BCUT2D eigenvalue weighted by molar-refractivity contribution is -0.127. The monoisotopic (exact) mass is 347 g/mol. The number of ether oxygens (including phenoxy) is 1. The van der Waals surface area contributed by atoms with Gasteiger partial charge in [0, 0.05) is 43.3 Å². The average Bonchev–Trinajstić information content (AvgIpc) is 2.60. The number of benzene rings is 2. The number of anilines is 1. The van der Waals surface area contributed by atoms with Crippen LogP contribution in [0.25, 0.3) is 11.1 Å². The molecule has 1 aliphatic heterocycles. The molecule has 1 aliphatic rings. The number of hydrogen-bond acceptors (Lipinski definition) is 4. The van der Waals surface area contributed by atoms with E-state index in [9.17, 15) is 10.2 Å². The molecular weight excluding hydrogens is 326 g/mol. The minimum Gasteiger partial charge on any atom is -0.388 e. The molecule has 0 saturated carbocycles. The summed E-state index contributed by atoms with van der Waals surface area (Å²) in [6, 6.07) is 15.6. The molecule has 1 heterocycles. The molecule has 128 valence electrons. The maximum absolute atomic E-state index is 10.5. The normalized spacial score (nSPS) is 18.1. The quantitative estimate of drug-likeness (QED) is 0.776. The Balaban J connectivity index is 1.66. The number of nitrogens with one attached hydrogen (secondary N) is 1. The molecule has 0 radical (unpaired) electrons. The molecule has 1 unspecified atom stereocenters. The van der Waals surface area contributed by atoms with Gasteiger partial charge in [-0.2, -0.15) is 0 Å². The molecule has 4 nitrogen and oxygen atoms in total. The Hall–Kier alpha value is -1.59. The molecule has 1 atom stereocenters. The first-order chi connectivity index (χ1) is 11.6. The third-order valence-electron chi connectivity index (χ3n) is 4.50. The van der Waals surface area contributed by atoms with Crippen LogP contribution < -0.4 is 5.32 Å². The first kappa shape index (κ1) is 17.2. The minimum absolute atomic E-state index is 0.287. The molecule has 24 heavy (non-hydrogen) atoms. The smallest absolute Gasteiger partial charge is 0.100 e. The van der Waals surface area contributed by atoms with Gasteiger partial charge in [0.05, 0.1) is 5.60 Å². The summed E-state index contributed by atoms with van der Waals surface area (Å²) in [5.41, 5.74) is 1.90. The van der Waals surface area contributed by atoms with E-state index in [-0.39, 0.29) is 6.54 Å². The summed E-state index contributed by atoms with van der Waals surface area (Å²) in [6.45, 7) is 1.26. The standard InChI is InChI=1S/C19H22ClNO3/c20-16-5-1-3-14(11-16)15-4-2-6-17(12-15)21-13-18(22)19(23)7-9-24-10-8-19/h1-6,11-12,18,21-23H,7-10,13H2. The van der Waals surface area contributed by atoms with E-state index >= 15 is 0 Å². The molecule has 0 amide bonds. The van der Waals surface area contributed by atoms with E-state index in [0.717, 1.165) is 16.8 Å². The Labute approximate surface area is 147 Å². The minimum atomic E-state index is -1.07. The molecule has 5 heteroatoms. The van der Waals surface area contributed by atoms with Crippen molar-refractivity contribution in [3.05, 3.63) is 53.6 Å². The highest BCUT2D eigenvalue weighted by Crippen LogP contribution is 2.27. The molecule has 0 bridgehead atoms. The summed E-state index contributed by atoms with van der Waals surface area (Å²) in [5, 5.41) is 24.7. The molecule has 3 rings (SSSR count). The molecular formula is C19H22ClNO3. The Kier molecular flexibility index (Phi) is 5.41. The lowest BCUT2D eigenvalue weighted by atomic mass is 9.88. The Bertz CT molecular complexity index is 686. The maximum atomic E-state index is 10.5. The van der Waals surface area contributed by atoms with Gasteiger partial charge in [-0.05, 0) is 35.4 Å². The fourth-order valence-corrected chi connectivity index (χ4v) is 3.13. The lowest BCUT2D eigenvalue weighted by Crippen LogP contribution is -2.49. The molecule has 0 spiro atoms. The van der Waals surface area contributed by atoms with Crippen molar-refractivity contribution in [2.45, 2.75) is 24.5 Å². The van der Waals surface area contributed by atoms with E-state index in [1.54, 1.807) is 0 Å². The van der Waals surface area contributed by atoms with Gasteiger partial charge in [-0.3, -0.25) is 0 Å². The second-order valence-electron chi connectivity index (χ2n) is 6.20. The first-order valence-corrected chi connectivity index (χ1v) is 8.53. The maximum Gasteiger partial charge on any atom is 0.100 e. The van der Waals surface area contributed by atoms with Crippen molar-refractivity contribution >= 4 is 17.3 Å². The van der Waals surface area contributed by atoms with E-state index < -0.39 is 11.7 Å². The molecule has 2 aromatic rings. The van der Waals surface area contributed by atoms with Gasteiger partial charge >= 0.3 is 0 Å². The number of aliphatic hydroxyl groups excluding tert-OH is 1. The number of halogens is 1. The lowest BCUT2D eigenvalue weighted by Gasteiger charge is -2.36. The van der Waals surface area contributed by atoms with Crippen LogP contribution in [0.15, 0.2) is 48.5 Å². The zero-order valence-electron chi connectivity index (χ0n) is 13.4. The number of rotatable bonds is 5. The van der Waals surface area contributed by atoms with Crippen LogP contribution in [0.2, 0.25) is 5.02 Å². The summed E-state index contributed by atoms with van der Waals surface area (Å²) in [4.78, 5) is 0. The van der Waals surface area contributed by atoms with E-state index in [2.05, 4.69) is 5.32 Å². The van der Waals surface area contributed by atoms with E-state index in [0.29, 0.717) is 31.1 Å². The van der Waals surface area contributed by atoms with Crippen LogP contribution in [-0.2, 0) is 4.74 Å². The fourth-order valence-electron chi connectivity index (χ4n) is 2.94. The van der Waals surface area contributed by atoms with Crippen molar-refractivity contribution in [2.24, 2.45) is 0 Å². The van der Waals surface area contributed by atoms with E-state index in [1.165, 1.54) is 0 Å². The topological polar surface area (TPSA) is 61.7 Å². The SMILES string of the molecule is OC(CNc1cccc(-c2cccc(Cl)c2)c1)C1(O)CCOCC1. The number of hydrogen-bond donors (Lipinski definition) is 3. The van der Waals surface area contributed by atoms with Gasteiger partial charge in [-0.1, -0.05) is 35.9 Å². The van der Waals surface area contributed by atoms with Crippen LogP contribution in [0.5, 0.6) is 0 Å². The summed E-state index contributed by atoms with van der Waals surface area (Å²) >= 11 is 6.05. The summed E-state index contributed by atoms with van der Waals surface area (Å²) in [5.74, 6) is 0. The van der Waals surface area contributed by atoms with Gasteiger partial charge < -0.3 is 20.3 Å². The Morgan fingerprint density at radius 1 is 1.08 bits per heavy atom. The van der Waals surface area contributed by atoms with Crippen molar-refractivity contribution < 1.29 is 14.9 Å². The molecule has 0 aromatic heterocycles. The van der Waals surface area contributed by atoms with Gasteiger partial charge in [0.2, 0.25) is 0 Å². The summed E-state index contributed by atoms with van der Waals surface area (Å²) in [6.07, 6.45) is 0.0767. The Morgan fingerprint density at radius 3 is 2.46 bits per heavy atom. The van der Waals surface area contributed by atoms with Crippen molar-refractivity contribution in [3.8, 4) is 11.1 Å². The zero-order valence-corrected chi connectivity index (χ0v) is 14.2. The van der Waals surface area contributed by atoms with Crippen molar-refractivity contribution in [2.75, 3.05) is 25.1 Å². The molecule has 1 fully saturated rings. The van der Waals surface area contributed by atoms with Gasteiger partial charge in [0.1, 0.15) is 6.10 Å². The first-order valence-electron chi connectivity index (χ1n) is 8.15. The van der Waals surface area contributed by atoms with E-state index in [4.69, 9.17) is 16.3 Å². The fraction of sp³-hybridized carbons (Fsp3) is 0.368. The van der Waals surface area contributed by atoms with Crippen LogP contribution in [0, 0.1) is 0 Å². The van der Waals surface area contributed by atoms with Crippen molar-refractivity contribution in [3.63, 3.8) is 0 Å². The third-order valence-corrected chi connectivity index (χ3v) is 4.73. The van der Waals surface area contributed by atoms with Crippen LogP contribution in [-0.4, -0.2) is 41.7 Å². The van der Waals surface area contributed by atoms with Gasteiger partial charge in [-0.25, -0.2) is 0 Å². The Morgan fingerprint density at radius 2 is 1.75 bits per heavy atom. The predicted molar refractivity (Wildman–Crippen MR) is 96.4 cm³/mol. The highest BCUT2D eigenvalue weighted by molar-refractivity contribution is 6.30. The van der Waals surface area contributed by atoms with Crippen LogP contribution in [0.4, 0.5) is 5.69 Å². The van der Waals surface area contributed by atoms with Crippen molar-refractivity contribution in [1.29, 1.82) is 0 Å². The largest absolute Gasteiger partial charge is 0.388 e.